The third-order valence-corrected chi connectivity index (χ3v) is 12.4. The number of para-hydroxylation sites is 1. The van der Waals surface area contributed by atoms with E-state index in [1.165, 1.54) is 36.5 Å². The zero-order chi connectivity index (χ0) is 36.2. The molecular formula is C44H35BrN2O2P2Pd. The van der Waals surface area contributed by atoms with Gasteiger partial charge in [-0.2, -0.15) is 4.68 Å². The van der Waals surface area contributed by atoms with Crippen LogP contribution in [0.15, 0.2) is 217 Å². The molecule has 0 saturated carbocycles. The first-order valence-electron chi connectivity index (χ1n) is 16.3. The molecule has 0 bridgehead atoms. The molecule has 0 amide bonds. The topological polar surface area (TPSA) is 53.0 Å². The molecule has 0 radical (unpaired) electrons. The smallest absolute Gasteiger partial charge is 0.109 e. The van der Waals surface area contributed by atoms with Crippen LogP contribution in [-0.4, -0.2) is 5.27 Å². The Morgan fingerprint density at radius 3 is 0.865 bits per heavy atom. The molecule has 8 heteroatoms. The molecule has 260 valence electrons. The van der Waals surface area contributed by atoms with E-state index in [4.69, 9.17) is 0 Å². The van der Waals surface area contributed by atoms with Gasteiger partial charge < -0.3 is 9.63 Å². The third-order valence-electron chi connectivity index (χ3n) is 7.49. The molecule has 4 nitrogen and oxygen atoms in total. The van der Waals surface area contributed by atoms with Gasteiger partial charge in [0, 0.05) is 5.27 Å². The van der Waals surface area contributed by atoms with Crippen molar-refractivity contribution in [2.75, 3.05) is 0 Å². The van der Waals surface area contributed by atoms with Gasteiger partial charge in [-0.25, -0.2) is 0 Å². The van der Waals surface area contributed by atoms with Gasteiger partial charge in [-0.05, 0) is 47.7 Å². The first-order valence-corrected chi connectivity index (χ1v) is 22.6. The summed E-state index contributed by atoms with van der Waals surface area (Å²) in [6.45, 7) is 0. The monoisotopic (exact) mass is 870 g/mol. The first kappa shape index (κ1) is 38.7. The molecule has 0 fully saturated rings. The molecule has 7 aromatic carbocycles. The summed E-state index contributed by atoms with van der Waals surface area (Å²) < 4.78 is 5.59. The molecule has 0 aliphatic rings. The standard InChI is InChI=1S/2C18H15P.C8H6N2O2.BrH.Pd/c2*1-4-10-16(11-5-1)19(17-12-6-2-7-13-17)18-14-8-3-9-15-18;11-8-6-10(9-12-8)7-4-2-1-3-5-7;;/h2*1-15H;1-5,11H;1H;/q;;;;+2/p-2. The Kier molecular flexibility index (Phi) is 16.2. The number of rotatable bonds is 7. The van der Waals surface area contributed by atoms with Crippen molar-refractivity contribution in [2.24, 2.45) is 0 Å². The molecule has 0 unspecified atom stereocenters. The number of nitrogens with zero attached hydrogens (tertiary/aromatic N) is 2. The summed E-state index contributed by atoms with van der Waals surface area (Å²) in [6, 6.07) is 73.8. The molecule has 1 aromatic heterocycles. The van der Waals surface area contributed by atoms with E-state index in [1.807, 2.05) is 18.2 Å². The maximum atomic E-state index is 10.6. The number of hydrogen-bond donors (Lipinski definition) is 0. The van der Waals surface area contributed by atoms with Gasteiger partial charge in [0.15, 0.2) is 0 Å². The Balaban J connectivity index is 0.000000151. The fraction of sp³-hybridized carbons (Fsp3) is 0. The Hall–Kier alpha value is -4.52. The second kappa shape index (κ2) is 21.8. The minimum Gasteiger partial charge on any atom is -0.560 e. The zero-order valence-electron chi connectivity index (χ0n) is 28.0. The fourth-order valence-corrected chi connectivity index (χ4v) is 9.85. The molecular weight excluding hydrogens is 837 g/mol. The average molecular weight is 872 g/mol. The quantitative estimate of drug-likeness (QED) is 0.0720. The Bertz CT molecular complexity index is 1810. The van der Waals surface area contributed by atoms with Crippen LogP contribution in [0, 0.1) is 6.20 Å². The van der Waals surface area contributed by atoms with Gasteiger partial charge in [-0.1, -0.05) is 212 Å². The average Bonchev–Trinajstić information content (AvgIpc) is 3.68. The minimum atomic E-state index is -0.571. The number of hydrogen-bond acceptors (Lipinski definition) is 3. The molecule has 0 spiro atoms. The summed E-state index contributed by atoms with van der Waals surface area (Å²) in [5, 5.41) is 22.4. The normalized spacial score (nSPS) is 10.2. The Morgan fingerprint density at radius 1 is 0.423 bits per heavy atom. The van der Waals surface area contributed by atoms with E-state index >= 15 is 0 Å². The second-order valence-corrected chi connectivity index (χ2v) is 15.3. The molecule has 52 heavy (non-hydrogen) atoms. The summed E-state index contributed by atoms with van der Waals surface area (Å²) in [4.78, 5) is 0. The number of aromatic nitrogens is 2. The number of benzene rings is 7. The minimum absolute atomic E-state index is 0.446. The van der Waals surface area contributed by atoms with E-state index in [1.54, 1.807) is 12.1 Å². The van der Waals surface area contributed by atoms with E-state index in [-0.39, 0.29) is 0 Å². The predicted molar refractivity (Wildman–Crippen MR) is 216 cm³/mol. The van der Waals surface area contributed by atoms with Crippen LogP contribution < -0.4 is 41.6 Å². The summed E-state index contributed by atoms with van der Waals surface area (Å²) >= 11 is 5.35. The van der Waals surface area contributed by atoms with Gasteiger partial charge in [0.2, 0.25) is 0 Å². The van der Waals surface area contributed by atoms with Crippen molar-refractivity contribution in [3.05, 3.63) is 219 Å². The molecule has 8 rings (SSSR count). The maximum absolute atomic E-state index is 10.6. The third kappa shape index (κ3) is 11.5. The van der Waals surface area contributed by atoms with Crippen LogP contribution in [0.1, 0.15) is 0 Å². The van der Waals surface area contributed by atoms with Crippen LogP contribution >= 0.6 is 29.3 Å². The van der Waals surface area contributed by atoms with E-state index < -0.39 is 21.8 Å². The molecule has 0 aliphatic carbocycles. The van der Waals surface area contributed by atoms with E-state index in [2.05, 4.69) is 229 Å². The van der Waals surface area contributed by atoms with Crippen LogP contribution in [0.5, 0.6) is 5.95 Å². The summed E-state index contributed by atoms with van der Waals surface area (Å²) in [7, 11) is -0.892. The van der Waals surface area contributed by atoms with Gasteiger partial charge in [-0.3, -0.25) is 0 Å². The van der Waals surface area contributed by atoms with E-state index in [0.717, 1.165) is 5.69 Å². The van der Waals surface area contributed by atoms with Crippen LogP contribution in [0.25, 0.3) is 5.69 Å². The Labute approximate surface area is 326 Å². The van der Waals surface area contributed by atoms with E-state index in [9.17, 15) is 5.11 Å². The molecule has 0 saturated heterocycles. The van der Waals surface area contributed by atoms with Crippen LogP contribution in [0.2, 0.25) is 0 Å². The van der Waals surface area contributed by atoms with Crippen LogP contribution in [0.4, 0.5) is 0 Å². The van der Waals surface area contributed by atoms with Crippen LogP contribution in [-0.2, 0) is 17.2 Å². The molecule has 8 aromatic rings. The second-order valence-electron chi connectivity index (χ2n) is 10.9. The van der Waals surface area contributed by atoms with Gasteiger partial charge >= 0.3 is 30.6 Å². The van der Waals surface area contributed by atoms with Crippen molar-refractivity contribution >= 4 is 61.1 Å². The predicted octanol–water partition coefficient (Wildman–Crippen LogP) is 7.56. The number of halogens is 1. The molecule has 0 aliphatic heterocycles. The largest absolute Gasteiger partial charge is 0.560 e. The summed E-state index contributed by atoms with van der Waals surface area (Å²) in [5.41, 5.74) is 0.753. The molecule has 1 heterocycles. The van der Waals surface area contributed by atoms with E-state index in [0.29, 0.717) is 0 Å². The SMILES string of the molecule is [Br][Pd+].[O-]c1[c-][n+](-c2ccccc2)no1.c1ccc(P(c2ccccc2)c2ccccc2)cc1.c1ccc(P(c2ccccc2)c2ccccc2)cc1. The van der Waals surface area contributed by atoms with Gasteiger partial charge in [0.25, 0.3) is 0 Å². The Morgan fingerprint density at radius 2 is 0.654 bits per heavy atom. The van der Waals surface area contributed by atoms with Gasteiger partial charge in [0.1, 0.15) is 6.20 Å². The molecule has 0 N–H and O–H groups in total. The van der Waals surface area contributed by atoms with Crippen molar-refractivity contribution < 1.29 is 31.5 Å². The zero-order valence-corrected chi connectivity index (χ0v) is 32.9. The summed E-state index contributed by atoms with van der Waals surface area (Å²) in [6.07, 6.45) is 2.38. The van der Waals surface area contributed by atoms with Gasteiger partial charge in [0.05, 0.1) is 11.6 Å². The maximum Gasteiger partial charge on any atom is 0.109 e. The summed E-state index contributed by atoms with van der Waals surface area (Å²) in [5.74, 6) is -0.571. The van der Waals surface area contributed by atoms with Crippen molar-refractivity contribution in [1.29, 1.82) is 0 Å². The van der Waals surface area contributed by atoms with Crippen molar-refractivity contribution in [1.82, 2.24) is 5.27 Å². The van der Waals surface area contributed by atoms with Gasteiger partial charge in [-0.15, -0.1) is 0 Å². The first-order chi connectivity index (χ1) is 25.8. The van der Waals surface area contributed by atoms with Crippen molar-refractivity contribution in [2.45, 2.75) is 0 Å². The van der Waals surface area contributed by atoms with Crippen molar-refractivity contribution in [3.8, 4) is 11.6 Å². The molecule has 0 atom stereocenters. The van der Waals surface area contributed by atoms with Crippen molar-refractivity contribution in [3.63, 3.8) is 0 Å². The fourth-order valence-electron chi connectivity index (χ4n) is 5.24. The van der Waals surface area contributed by atoms with Crippen LogP contribution in [0.3, 0.4) is 0 Å².